The second kappa shape index (κ2) is 14.7. The van der Waals surface area contributed by atoms with Crippen molar-refractivity contribution < 1.29 is 0 Å². The summed E-state index contributed by atoms with van der Waals surface area (Å²) < 4.78 is 0.664. The summed E-state index contributed by atoms with van der Waals surface area (Å²) in [6.07, 6.45) is 0. The number of rotatable bonds is 0. The molecule has 0 atom stereocenters. The van der Waals surface area contributed by atoms with E-state index in [0.29, 0.717) is 14.5 Å². The van der Waals surface area contributed by atoms with Gasteiger partial charge in [0.15, 0.2) is 0 Å². The van der Waals surface area contributed by atoms with E-state index >= 15 is 0 Å². The summed E-state index contributed by atoms with van der Waals surface area (Å²) in [5.74, 6) is 33.7. The molecule has 1 radical (unpaired) electrons. The summed E-state index contributed by atoms with van der Waals surface area (Å²) in [6, 6.07) is 19.3. The maximum Gasteiger partial charge on any atom is 0.0970 e. The molecule has 0 aromatic heterocycles. The van der Waals surface area contributed by atoms with Crippen molar-refractivity contribution in [2.75, 3.05) is 0 Å². The molecule has 0 aliphatic carbocycles. The van der Waals surface area contributed by atoms with Gasteiger partial charge in [-0.15, -0.1) is 0 Å². The van der Waals surface area contributed by atoms with Crippen molar-refractivity contribution in [1.29, 1.82) is 0 Å². The maximum absolute atomic E-state index is 3.34. The van der Waals surface area contributed by atoms with Crippen LogP contribution < -0.4 is 0 Å². The zero-order valence-electron chi connectivity index (χ0n) is 15.9. The molecule has 3 heteroatoms. The second-order valence-electron chi connectivity index (χ2n) is 5.34. The predicted molar refractivity (Wildman–Crippen MR) is 138 cm³/mol. The Morgan fingerprint density at radius 3 is 1.55 bits per heavy atom. The Morgan fingerprint density at radius 1 is 0.548 bits per heavy atom. The minimum Gasteiger partial charge on any atom is -0.0622 e. The van der Waals surface area contributed by atoms with Crippen molar-refractivity contribution in [2.24, 2.45) is 0 Å². The van der Waals surface area contributed by atoms with Crippen molar-refractivity contribution in [1.82, 2.24) is 0 Å². The monoisotopic (exact) mass is 583 g/mol. The highest BCUT2D eigenvalue weighted by atomic mass is 79.9. The molecule has 2 aromatic rings. The molecule has 0 saturated carbocycles. The third-order valence-electron chi connectivity index (χ3n) is 3.18. The van der Waals surface area contributed by atoms with Gasteiger partial charge in [-0.2, -0.15) is 0 Å². The summed E-state index contributed by atoms with van der Waals surface area (Å²) in [6.45, 7) is 0. The Labute approximate surface area is 209 Å². The van der Waals surface area contributed by atoms with Crippen LogP contribution in [0.4, 0.5) is 0 Å². The molecule has 0 bridgehead atoms. The van der Waals surface area contributed by atoms with Gasteiger partial charge in [-0.3, -0.25) is 0 Å². The minimum absolute atomic E-state index is 0.500. The van der Waals surface area contributed by atoms with E-state index in [2.05, 4.69) is 124 Å². The molecular weight excluding hydrogens is 576 g/mol. The molecule has 2 aromatic carbocycles. The van der Waals surface area contributed by atoms with Crippen molar-refractivity contribution >= 4 is 47.8 Å². The van der Waals surface area contributed by atoms with Crippen molar-refractivity contribution in [3.63, 3.8) is 0 Å². The van der Waals surface area contributed by atoms with Gasteiger partial charge in [0.1, 0.15) is 0 Å². The first-order valence-corrected chi connectivity index (χ1v) is 11.0. The van der Waals surface area contributed by atoms with Crippen LogP contribution in [-0.2, 0) is 0 Å². The number of hydrogen-bond donors (Lipinski definition) is 0. The van der Waals surface area contributed by atoms with Crippen molar-refractivity contribution in [2.45, 2.75) is 0 Å². The predicted octanol–water partition coefficient (Wildman–Crippen LogP) is 6.19. The average Bonchev–Trinajstić information content (AvgIpc) is 2.80. The van der Waals surface area contributed by atoms with Gasteiger partial charge in [-0.25, -0.2) is 0 Å². The summed E-state index contributed by atoms with van der Waals surface area (Å²) in [7, 11) is 0. The highest BCUT2D eigenvalue weighted by Gasteiger charge is 1.93. The normalized spacial score (nSPS) is 8.42. The summed E-state index contributed by atoms with van der Waals surface area (Å²) in [5.41, 5.74) is 2.89. The molecule has 0 fully saturated rings. The lowest BCUT2D eigenvalue weighted by Crippen LogP contribution is -1.76. The Kier molecular flexibility index (Phi) is 11.3. The molecule has 0 aliphatic rings. The molecular formula is C28H10Br3. The van der Waals surface area contributed by atoms with Gasteiger partial charge in [-0.1, -0.05) is 60.1 Å². The van der Waals surface area contributed by atoms with E-state index in [0.717, 1.165) is 11.1 Å². The average molecular weight is 586 g/mol. The second-order valence-corrected chi connectivity index (χ2v) is 8.38. The molecule has 143 valence electrons. The number of benzene rings is 2. The fourth-order valence-corrected chi connectivity index (χ4v) is 2.42. The van der Waals surface area contributed by atoms with Crippen LogP contribution in [0.2, 0.25) is 0 Å². The maximum atomic E-state index is 3.34. The quantitative estimate of drug-likeness (QED) is 0.324. The van der Waals surface area contributed by atoms with Gasteiger partial charge in [0, 0.05) is 11.1 Å². The number of halogens is 3. The Bertz CT molecular complexity index is 1350. The van der Waals surface area contributed by atoms with Crippen molar-refractivity contribution in [3.05, 3.63) is 91.3 Å². The largest absolute Gasteiger partial charge is 0.0970 e. The molecule has 0 N–H and O–H groups in total. The highest BCUT2D eigenvalue weighted by Crippen LogP contribution is 2.18. The molecule has 0 nitrogen and oxygen atoms in total. The molecule has 31 heavy (non-hydrogen) atoms. The first kappa shape index (κ1) is 24.0. The molecule has 0 saturated heterocycles. The topological polar surface area (TPSA) is 0 Å². The van der Waals surface area contributed by atoms with E-state index in [9.17, 15) is 0 Å². The van der Waals surface area contributed by atoms with Crippen LogP contribution in [0.25, 0.3) is 0 Å². The zero-order valence-corrected chi connectivity index (χ0v) is 20.7. The van der Waals surface area contributed by atoms with E-state index in [1.807, 2.05) is 60.7 Å². The first-order valence-electron chi connectivity index (χ1n) is 8.64. The lowest BCUT2D eigenvalue weighted by Gasteiger charge is -1.88. The standard InChI is InChI=1S/C28H10Br3/c29-23-26(20-19-24-13-8-5-9-14-24)17-7-3-1-2-4-12-18-27(28(30)31)22-21-25-15-10-6-11-16-25/h5-6,8-11,13-16H. The fraction of sp³-hybridized carbons (Fsp3) is 0. The zero-order chi connectivity index (χ0) is 22.2. The first-order chi connectivity index (χ1) is 15.2. The van der Waals surface area contributed by atoms with Gasteiger partial charge >= 0.3 is 0 Å². The summed E-state index contributed by atoms with van der Waals surface area (Å²) >= 11 is 9.81. The minimum atomic E-state index is 0.500. The highest BCUT2D eigenvalue weighted by molar-refractivity contribution is 9.28. The van der Waals surface area contributed by atoms with E-state index in [1.54, 1.807) is 0 Å². The third-order valence-corrected chi connectivity index (χ3v) is 4.37. The van der Waals surface area contributed by atoms with Crippen LogP contribution in [0.15, 0.2) is 75.2 Å². The van der Waals surface area contributed by atoms with Crippen LogP contribution >= 0.6 is 47.8 Å². The smallest absolute Gasteiger partial charge is 0.0622 e. The Balaban J connectivity index is 2.01. The molecule has 0 aliphatic heterocycles. The van der Waals surface area contributed by atoms with E-state index in [-0.39, 0.29) is 0 Å². The molecule has 0 spiro atoms. The third kappa shape index (κ3) is 10.3. The van der Waals surface area contributed by atoms with Crippen LogP contribution in [0, 0.1) is 76.0 Å². The van der Waals surface area contributed by atoms with Gasteiger partial charge < -0.3 is 0 Å². The molecule has 0 amide bonds. The van der Waals surface area contributed by atoms with Crippen LogP contribution in [-0.4, -0.2) is 0 Å². The lowest BCUT2D eigenvalue weighted by atomic mass is 10.2. The van der Waals surface area contributed by atoms with Crippen LogP contribution in [0.3, 0.4) is 0 Å². The molecule has 0 heterocycles. The lowest BCUT2D eigenvalue weighted by molar-refractivity contribution is 1.65. The van der Waals surface area contributed by atoms with Crippen LogP contribution in [0.1, 0.15) is 11.1 Å². The van der Waals surface area contributed by atoms with Gasteiger partial charge in [0.2, 0.25) is 0 Å². The SMILES string of the molecule is Br[C]=C(C#CC#CC#CC#CC(C#Cc1ccccc1)=C(Br)Br)C#Cc1ccccc1. The van der Waals surface area contributed by atoms with E-state index in [1.165, 1.54) is 0 Å². The van der Waals surface area contributed by atoms with Gasteiger partial charge in [0.05, 0.1) is 19.5 Å². The molecule has 0 unspecified atom stereocenters. The fourth-order valence-electron chi connectivity index (χ4n) is 1.83. The van der Waals surface area contributed by atoms with E-state index in [4.69, 9.17) is 0 Å². The number of hydrogen-bond acceptors (Lipinski definition) is 0. The van der Waals surface area contributed by atoms with Gasteiger partial charge in [0.25, 0.3) is 0 Å². The summed E-state index contributed by atoms with van der Waals surface area (Å²) in [5, 5.41) is 0. The van der Waals surface area contributed by atoms with Crippen molar-refractivity contribution in [3.8, 4) is 71.0 Å². The van der Waals surface area contributed by atoms with Gasteiger partial charge in [-0.05, 0) is 119 Å². The molecule has 2 rings (SSSR count). The Hall–Kier alpha value is -3.28. The number of allylic oxidation sites excluding steroid dienone is 2. The van der Waals surface area contributed by atoms with E-state index < -0.39 is 0 Å². The summed E-state index contributed by atoms with van der Waals surface area (Å²) in [4.78, 5) is 2.76. The Morgan fingerprint density at radius 2 is 1.03 bits per heavy atom. The van der Waals surface area contributed by atoms with Crippen LogP contribution in [0.5, 0.6) is 0 Å².